The molecule has 1 heterocycles. The molecule has 1 N–H and O–H groups in total. The van der Waals surface area contributed by atoms with E-state index in [0.29, 0.717) is 6.61 Å². The van der Waals surface area contributed by atoms with Crippen LogP contribution in [0.25, 0.3) is 0 Å². The van der Waals surface area contributed by atoms with Crippen LogP contribution in [0.4, 0.5) is 0 Å². The molecule has 1 atom stereocenters. The molecule has 1 fully saturated rings. The molecule has 0 aromatic heterocycles. The largest absolute Gasteiger partial charge is 0.392 e. The Kier molecular flexibility index (Phi) is 1.97. The topological polar surface area (TPSA) is 29.5 Å². The third-order valence-electron chi connectivity index (χ3n) is 0.878. The monoisotopic (exact) mass is 120 g/mol. The van der Waals surface area contributed by atoms with Gasteiger partial charge in [0, 0.05) is 5.75 Å². The summed E-state index contributed by atoms with van der Waals surface area (Å²) in [6.07, 6.45) is 0.672. The highest BCUT2D eigenvalue weighted by molar-refractivity contribution is 7.94. The first-order valence-electron chi connectivity index (χ1n) is 2.32. The lowest BCUT2D eigenvalue weighted by molar-refractivity contribution is 0.151. The number of aliphatic hydroxyl groups excluding tert-OH is 1. The van der Waals surface area contributed by atoms with E-state index in [1.54, 1.807) is 0 Å². The van der Waals surface area contributed by atoms with Gasteiger partial charge in [-0.3, -0.25) is 0 Å². The van der Waals surface area contributed by atoms with E-state index in [0.717, 1.165) is 12.2 Å². The van der Waals surface area contributed by atoms with Gasteiger partial charge in [-0.25, -0.2) is 0 Å². The molecule has 3 heteroatoms. The van der Waals surface area contributed by atoms with E-state index in [1.807, 2.05) is 0 Å². The molecule has 0 bridgehead atoms. The summed E-state index contributed by atoms with van der Waals surface area (Å²) in [5.74, 6) is 0.736. The van der Waals surface area contributed by atoms with Crippen molar-refractivity contribution in [1.29, 1.82) is 0 Å². The third-order valence-corrected chi connectivity index (χ3v) is 1.73. The molecule has 0 spiro atoms. The van der Waals surface area contributed by atoms with Crippen LogP contribution < -0.4 is 0 Å². The molecule has 0 aromatic carbocycles. The second-order valence-electron chi connectivity index (χ2n) is 1.55. The third kappa shape index (κ3) is 1.67. The first-order valence-corrected chi connectivity index (χ1v) is 3.23. The maximum atomic E-state index is 8.81. The van der Waals surface area contributed by atoms with Crippen LogP contribution in [0.1, 0.15) is 6.42 Å². The summed E-state index contributed by atoms with van der Waals surface area (Å²) in [5.41, 5.74) is 0. The molecular formula is C4H8O2S. The van der Waals surface area contributed by atoms with Gasteiger partial charge < -0.3 is 9.29 Å². The highest BCUT2D eigenvalue weighted by Gasteiger charge is 2.09. The number of rotatable bonds is 0. The average Bonchev–Trinajstić information content (AvgIpc) is 1.69. The van der Waals surface area contributed by atoms with Gasteiger partial charge in [0.25, 0.3) is 0 Å². The first-order chi connectivity index (χ1) is 3.39. The molecule has 7 heavy (non-hydrogen) atoms. The lowest BCUT2D eigenvalue weighted by atomic mass is 10.3. The highest BCUT2D eigenvalue weighted by atomic mass is 32.2. The Hall–Kier alpha value is 0.270. The summed E-state index contributed by atoms with van der Waals surface area (Å²) in [6, 6.07) is 0. The van der Waals surface area contributed by atoms with Crippen molar-refractivity contribution >= 4 is 12.0 Å². The Bertz CT molecular complexity index is 51.7. The van der Waals surface area contributed by atoms with Gasteiger partial charge >= 0.3 is 0 Å². The van der Waals surface area contributed by atoms with Crippen LogP contribution in [0.2, 0.25) is 0 Å². The maximum absolute atomic E-state index is 8.81. The zero-order valence-electron chi connectivity index (χ0n) is 3.96. The van der Waals surface area contributed by atoms with Gasteiger partial charge in [-0.15, -0.1) is 0 Å². The van der Waals surface area contributed by atoms with Gasteiger partial charge in [0.2, 0.25) is 0 Å². The Labute approximate surface area is 47.1 Å². The smallest absolute Gasteiger partial charge is 0.0675 e. The Morgan fingerprint density at radius 2 is 2.57 bits per heavy atom. The fourth-order valence-corrected chi connectivity index (χ4v) is 1.09. The van der Waals surface area contributed by atoms with Gasteiger partial charge in [0.05, 0.1) is 12.7 Å². The van der Waals surface area contributed by atoms with E-state index < -0.39 is 0 Å². The molecule has 2 nitrogen and oxygen atoms in total. The average molecular weight is 120 g/mol. The number of aliphatic hydroxyl groups is 1. The molecule has 0 amide bonds. The Balaban J connectivity index is 2.12. The lowest BCUT2D eigenvalue weighted by Crippen LogP contribution is -2.17. The number of hydrogen-bond donors (Lipinski definition) is 1. The fourth-order valence-electron chi connectivity index (χ4n) is 0.453. The van der Waals surface area contributed by atoms with Crippen LogP contribution in [-0.4, -0.2) is 23.6 Å². The van der Waals surface area contributed by atoms with Crippen LogP contribution in [0.15, 0.2) is 0 Å². The molecular weight excluding hydrogens is 112 g/mol. The van der Waals surface area contributed by atoms with Crippen molar-refractivity contribution in [2.75, 3.05) is 12.4 Å². The minimum atomic E-state index is -0.126. The summed E-state index contributed by atoms with van der Waals surface area (Å²) >= 11 is 1.35. The predicted octanol–water partition coefficient (Wildman–Crippen LogP) is 0.416. The van der Waals surface area contributed by atoms with Crippen molar-refractivity contribution in [3.8, 4) is 0 Å². The van der Waals surface area contributed by atoms with Crippen molar-refractivity contribution in [2.24, 2.45) is 0 Å². The van der Waals surface area contributed by atoms with E-state index >= 15 is 0 Å². The van der Waals surface area contributed by atoms with Crippen molar-refractivity contribution in [2.45, 2.75) is 12.5 Å². The van der Waals surface area contributed by atoms with Crippen molar-refractivity contribution < 1.29 is 9.29 Å². The highest BCUT2D eigenvalue weighted by Crippen LogP contribution is 2.13. The number of hydrogen-bond acceptors (Lipinski definition) is 3. The van der Waals surface area contributed by atoms with Crippen LogP contribution in [0, 0.1) is 0 Å². The molecule has 1 aliphatic heterocycles. The predicted molar refractivity (Wildman–Crippen MR) is 29.0 cm³/mol. The summed E-state index contributed by atoms with van der Waals surface area (Å²) in [6.45, 7) is 0.700. The Morgan fingerprint density at radius 1 is 1.71 bits per heavy atom. The van der Waals surface area contributed by atoms with E-state index in [-0.39, 0.29) is 6.10 Å². The zero-order valence-corrected chi connectivity index (χ0v) is 4.78. The van der Waals surface area contributed by atoms with Crippen LogP contribution >= 0.6 is 12.0 Å². The Morgan fingerprint density at radius 3 is 2.86 bits per heavy atom. The quantitative estimate of drug-likeness (QED) is 0.470. The normalized spacial score (nSPS) is 33.0. The standard InChI is InChI=1S/C4H8O2S/c5-4-1-2-6-7-3-4/h4-5H,1-3H2. The summed E-state index contributed by atoms with van der Waals surface area (Å²) < 4.78 is 4.90. The van der Waals surface area contributed by atoms with E-state index in [9.17, 15) is 0 Å². The summed E-state index contributed by atoms with van der Waals surface area (Å²) in [4.78, 5) is 0. The molecule has 0 saturated carbocycles. The van der Waals surface area contributed by atoms with Crippen LogP contribution in [0.5, 0.6) is 0 Å². The van der Waals surface area contributed by atoms with Gasteiger partial charge in [0.1, 0.15) is 0 Å². The molecule has 0 aliphatic carbocycles. The minimum absolute atomic E-state index is 0.126. The zero-order chi connectivity index (χ0) is 5.11. The first kappa shape index (κ1) is 5.41. The van der Waals surface area contributed by atoms with Crippen molar-refractivity contribution in [1.82, 2.24) is 0 Å². The van der Waals surface area contributed by atoms with E-state index in [2.05, 4.69) is 0 Å². The van der Waals surface area contributed by atoms with Crippen molar-refractivity contribution in [3.05, 3.63) is 0 Å². The van der Waals surface area contributed by atoms with Gasteiger partial charge in [-0.1, -0.05) is 0 Å². The molecule has 1 rings (SSSR count). The molecule has 1 unspecified atom stereocenters. The minimum Gasteiger partial charge on any atom is -0.392 e. The van der Waals surface area contributed by atoms with Crippen LogP contribution in [-0.2, 0) is 4.18 Å². The second kappa shape index (κ2) is 2.55. The van der Waals surface area contributed by atoms with E-state index in [4.69, 9.17) is 9.29 Å². The van der Waals surface area contributed by atoms with Gasteiger partial charge in [-0.2, -0.15) is 0 Å². The summed E-state index contributed by atoms with van der Waals surface area (Å²) in [7, 11) is 0. The van der Waals surface area contributed by atoms with Crippen LogP contribution in [0.3, 0.4) is 0 Å². The van der Waals surface area contributed by atoms with Gasteiger partial charge in [-0.05, 0) is 18.5 Å². The molecule has 42 valence electrons. The van der Waals surface area contributed by atoms with Crippen molar-refractivity contribution in [3.63, 3.8) is 0 Å². The van der Waals surface area contributed by atoms with Gasteiger partial charge in [0.15, 0.2) is 0 Å². The molecule has 0 radical (unpaired) electrons. The SMILES string of the molecule is OC1CCOSC1. The molecule has 1 saturated heterocycles. The molecule has 1 aliphatic rings. The summed E-state index contributed by atoms with van der Waals surface area (Å²) in [5, 5.41) is 8.81. The lowest BCUT2D eigenvalue weighted by Gasteiger charge is -2.14. The fraction of sp³-hybridized carbons (Fsp3) is 1.00. The van der Waals surface area contributed by atoms with E-state index in [1.165, 1.54) is 12.0 Å². The second-order valence-corrected chi connectivity index (χ2v) is 2.35. The maximum Gasteiger partial charge on any atom is 0.0675 e. The molecule has 0 aromatic rings.